The van der Waals surface area contributed by atoms with Crippen molar-refractivity contribution in [2.24, 2.45) is 0 Å². The molecule has 2 aromatic carbocycles. The van der Waals surface area contributed by atoms with Crippen LogP contribution in [0.1, 0.15) is 27.4 Å². The van der Waals surface area contributed by atoms with Crippen LogP contribution in [0.3, 0.4) is 0 Å². The van der Waals surface area contributed by atoms with E-state index in [2.05, 4.69) is 10.5 Å². The Morgan fingerprint density at radius 1 is 1.17 bits per heavy atom. The van der Waals surface area contributed by atoms with Crippen LogP contribution in [-0.4, -0.2) is 23.6 Å². The number of halogens is 2. The van der Waals surface area contributed by atoms with E-state index in [0.29, 0.717) is 27.0 Å². The molecule has 0 saturated carbocycles. The molecular formula is C21H18Cl2N2O4S. The van der Waals surface area contributed by atoms with Gasteiger partial charge < -0.3 is 14.6 Å². The number of ether oxygens (including phenoxy) is 1. The SMILES string of the molecule is Cc1noc(C)c1CSc1ccccc1C(=O)OCC(=O)Nc1cc(Cl)ccc1Cl. The van der Waals surface area contributed by atoms with Crippen LogP contribution in [0.25, 0.3) is 0 Å². The average molecular weight is 465 g/mol. The third-order valence-corrected chi connectivity index (χ3v) is 5.86. The van der Waals surface area contributed by atoms with Gasteiger partial charge in [0, 0.05) is 21.2 Å². The molecule has 9 heteroatoms. The van der Waals surface area contributed by atoms with Gasteiger partial charge in [-0.2, -0.15) is 0 Å². The molecule has 0 radical (unpaired) electrons. The molecule has 0 atom stereocenters. The fourth-order valence-corrected chi connectivity index (χ4v) is 4.14. The van der Waals surface area contributed by atoms with E-state index in [0.717, 1.165) is 21.9 Å². The lowest BCUT2D eigenvalue weighted by atomic mass is 10.2. The van der Waals surface area contributed by atoms with Crippen molar-refractivity contribution in [3.63, 3.8) is 0 Å². The molecule has 3 aromatic rings. The van der Waals surface area contributed by atoms with Crippen molar-refractivity contribution in [3.05, 3.63) is 75.1 Å². The van der Waals surface area contributed by atoms with Gasteiger partial charge in [-0.05, 0) is 44.2 Å². The van der Waals surface area contributed by atoms with Crippen molar-refractivity contribution >= 4 is 52.5 Å². The molecule has 0 bridgehead atoms. The maximum Gasteiger partial charge on any atom is 0.339 e. The second kappa shape index (κ2) is 10.0. The van der Waals surface area contributed by atoms with E-state index in [1.54, 1.807) is 24.3 Å². The zero-order valence-electron chi connectivity index (χ0n) is 16.2. The van der Waals surface area contributed by atoms with E-state index in [1.165, 1.54) is 17.8 Å². The van der Waals surface area contributed by atoms with Crippen molar-refractivity contribution in [1.29, 1.82) is 0 Å². The number of anilines is 1. The highest BCUT2D eigenvalue weighted by Gasteiger charge is 2.17. The van der Waals surface area contributed by atoms with Crippen LogP contribution in [-0.2, 0) is 15.3 Å². The minimum absolute atomic E-state index is 0.333. The number of carbonyl (C=O) groups is 2. The summed E-state index contributed by atoms with van der Waals surface area (Å²) in [7, 11) is 0. The number of aryl methyl sites for hydroxylation is 2. The molecule has 1 N–H and O–H groups in total. The Balaban J connectivity index is 1.61. The zero-order chi connectivity index (χ0) is 21.7. The van der Waals surface area contributed by atoms with Gasteiger partial charge in [0.1, 0.15) is 5.76 Å². The first-order valence-electron chi connectivity index (χ1n) is 8.90. The normalized spacial score (nSPS) is 10.7. The maximum atomic E-state index is 12.5. The van der Waals surface area contributed by atoms with Gasteiger partial charge in [-0.3, -0.25) is 4.79 Å². The first-order valence-corrected chi connectivity index (χ1v) is 10.6. The fourth-order valence-electron chi connectivity index (χ4n) is 2.61. The lowest BCUT2D eigenvalue weighted by Crippen LogP contribution is -2.21. The third-order valence-electron chi connectivity index (χ3n) is 4.20. The van der Waals surface area contributed by atoms with Crippen molar-refractivity contribution in [2.45, 2.75) is 24.5 Å². The fraction of sp³-hybridized carbons (Fsp3) is 0.190. The van der Waals surface area contributed by atoms with Crippen LogP contribution in [0, 0.1) is 13.8 Å². The number of esters is 1. The summed E-state index contributed by atoms with van der Waals surface area (Å²) < 4.78 is 10.4. The second-order valence-corrected chi connectivity index (χ2v) is 8.20. The maximum absolute atomic E-state index is 12.5. The van der Waals surface area contributed by atoms with Gasteiger partial charge in [-0.1, -0.05) is 40.5 Å². The van der Waals surface area contributed by atoms with Crippen molar-refractivity contribution in [2.75, 3.05) is 11.9 Å². The number of carbonyl (C=O) groups excluding carboxylic acids is 2. The molecule has 1 amide bonds. The lowest BCUT2D eigenvalue weighted by molar-refractivity contribution is -0.119. The van der Waals surface area contributed by atoms with Gasteiger partial charge in [0.2, 0.25) is 0 Å². The number of nitrogens with zero attached hydrogens (tertiary/aromatic N) is 1. The summed E-state index contributed by atoms with van der Waals surface area (Å²) in [6, 6.07) is 11.7. The predicted octanol–water partition coefficient (Wildman–Crippen LogP) is 5.69. The Labute approximate surface area is 187 Å². The quantitative estimate of drug-likeness (QED) is 0.357. The predicted molar refractivity (Wildman–Crippen MR) is 117 cm³/mol. The van der Waals surface area contributed by atoms with Gasteiger partial charge in [0.05, 0.1) is 22.0 Å². The summed E-state index contributed by atoms with van der Waals surface area (Å²) in [6.45, 7) is 3.27. The van der Waals surface area contributed by atoms with Gasteiger partial charge in [-0.15, -0.1) is 11.8 Å². The topological polar surface area (TPSA) is 81.4 Å². The number of hydrogen-bond acceptors (Lipinski definition) is 6. The molecule has 0 spiro atoms. The number of nitrogens with one attached hydrogen (secondary N) is 1. The Kier molecular flexibility index (Phi) is 7.42. The highest BCUT2D eigenvalue weighted by atomic mass is 35.5. The van der Waals surface area contributed by atoms with Crippen LogP contribution in [0.2, 0.25) is 10.0 Å². The molecule has 1 aromatic heterocycles. The van der Waals surface area contributed by atoms with Crippen LogP contribution in [0.4, 0.5) is 5.69 Å². The molecule has 0 saturated heterocycles. The van der Waals surface area contributed by atoms with Gasteiger partial charge in [0.25, 0.3) is 5.91 Å². The van der Waals surface area contributed by atoms with Crippen molar-refractivity contribution in [3.8, 4) is 0 Å². The van der Waals surface area contributed by atoms with E-state index >= 15 is 0 Å². The molecule has 0 fully saturated rings. The monoisotopic (exact) mass is 464 g/mol. The van der Waals surface area contributed by atoms with Gasteiger partial charge >= 0.3 is 5.97 Å². The van der Waals surface area contributed by atoms with Gasteiger partial charge in [0.15, 0.2) is 6.61 Å². The van der Waals surface area contributed by atoms with E-state index in [4.69, 9.17) is 32.5 Å². The number of thioether (sulfide) groups is 1. The highest BCUT2D eigenvalue weighted by molar-refractivity contribution is 7.98. The summed E-state index contributed by atoms with van der Waals surface area (Å²) in [6.07, 6.45) is 0. The van der Waals surface area contributed by atoms with E-state index in [-0.39, 0.29) is 0 Å². The second-order valence-electron chi connectivity index (χ2n) is 6.34. The Hall–Kier alpha value is -2.48. The number of rotatable bonds is 7. The smallest absolute Gasteiger partial charge is 0.339 e. The third kappa shape index (κ3) is 5.56. The molecule has 0 unspecified atom stereocenters. The molecule has 0 aliphatic carbocycles. The number of amides is 1. The van der Waals surface area contributed by atoms with Crippen molar-refractivity contribution < 1.29 is 18.8 Å². The van der Waals surface area contributed by atoms with Crippen LogP contribution >= 0.6 is 35.0 Å². The molecule has 0 aliphatic rings. The summed E-state index contributed by atoms with van der Waals surface area (Å²) in [5.41, 5.74) is 2.53. The first-order chi connectivity index (χ1) is 14.3. The largest absolute Gasteiger partial charge is 0.452 e. The molecule has 6 nitrogen and oxygen atoms in total. The Morgan fingerprint density at radius 3 is 2.67 bits per heavy atom. The first kappa shape index (κ1) is 22.2. The molecule has 3 rings (SSSR count). The molecule has 30 heavy (non-hydrogen) atoms. The van der Waals surface area contributed by atoms with E-state index in [1.807, 2.05) is 26.0 Å². The summed E-state index contributed by atoms with van der Waals surface area (Å²) >= 11 is 13.4. The standard InChI is InChI=1S/C21H18Cl2N2O4S/c1-12-16(13(2)29-25-12)11-30-19-6-4-3-5-15(19)21(27)28-10-20(26)24-18-9-14(22)7-8-17(18)23/h3-9H,10-11H2,1-2H3,(H,24,26). The Morgan fingerprint density at radius 2 is 1.93 bits per heavy atom. The minimum atomic E-state index is -0.593. The van der Waals surface area contributed by atoms with Crippen molar-refractivity contribution in [1.82, 2.24) is 5.16 Å². The van der Waals surface area contributed by atoms with Gasteiger partial charge in [-0.25, -0.2) is 4.79 Å². The molecule has 1 heterocycles. The molecule has 0 aliphatic heterocycles. The molecular weight excluding hydrogens is 447 g/mol. The average Bonchev–Trinajstić information content (AvgIpc) is 3.05. The highest BCUT2D eigenvalue weighted by Crippen LogP contribution is 2.29. The lowest BCUT2D eigenvalue weighted by Gasteiger charge is -2.10. The number of aromatic nitrogens is 1. The van der Waals surface area contributed by atoms with E-state index in [9.17, 15) is 9.59 Å². The van der Waals surface area contributed by atoms with Crippen LogP contribution in [0.15, 0.2) is 51.9 Å². The summed E-state index contributed by atoms with van der Waals surface area (Å²) in [5.74, 6) is 0.230. The molecule has 156 valence electrons. The summed E-state index contributed by atoms with van der Waals surface area (Å²) in [5, 5.41) is 7.27. The van der Waals surface area contributed by atoms with Crippen LogP contribution < -0.4 is 5.32 Å². The number of hydrogen-bond donors (Lipinski definition) is 1. The Bertz CT molecular complexity index is 1070. The van der Waals surface area contributed by atoms with Crippen LogP contribution in [0.5, 0.6) is 0 Å². The minimum Gasteiger partial charge on any atom is -0.452 e. The number of benzene rings is 2. The zero-order valence-corrected chi connectivity index (χ0v) is 18.5. The summed E-state index contributed by atoms with van der Waals surface area (Å²) in [4.78, 5) is 25.4. The van der Waals surface area contributed by atoms with E-state index < -0.39 is 18.5 Å².